The second-order valence-corrected chi connectivity index (χ2v) is 7.02. The number of nitrogens with one attached hydrogen (secondary N) is 1. The van der Waals surface area contributed by atoms with Gasteiger partial charge >= 0.3 is 0 Å². The van der Waals surface area contributed by atoms with Crippen molar-refractivity contribution < 1.29 is 5.11 Å². The van der Waals surface area contributed by atoms with Crippen LogP contribution in [0.5, 0.6) is 0 Å². The average molecular weight is 487 g/mol. The average Bonchev–Trinajstić information content (AvgIpc) is 2.72. The molecule has 0 saturated carbocycles. The lowest BCUT2D eigenvalue weighted by molar-refractivity contribution is 0.167. The van der Waals surface area contributed by atoms with Gasteiger partial charge < -0.3 is 19.9 Å². The first kappa shape index (κ1) is 21.7. The molecule has 0 bridgehead atoms. The third-order valence-corrected chi connectivity index (χ3v) is 3.69. The van der Waals surface area contributed by atoms with Gasteiger partial charge in [-0.25, -0.2) is 0 Å². The van der Waals surface area contributed by atoms with Crippen LogP contribution >= 0.6 is 39.9 Å². The summed E-state index contributed by atoms with van der Waals surface area (Å²) in [6, 6.07) is 2.11. The zero-order chi connectivity index (χ0) is 16.0. The van der Waals surface area contributed by atoms with Crippen LogP contribution in [0.1, 0.15) is 26.5 Å². The zero-order valence-electron chi connectivity index (χ0n) is 14.1. The molecule has 1 aromatic heterocycles. The molecule has 0 fully saturated rings. The maximum atomic E-state index is 9.34. The smallest absolute Gasteiger partial charge is 0.194 e. The summed E-state index contributed by atoms with van der Waals surface area (Å²) in [5.41, 5.74) is 1.01. The number of aliphatic hydroxyl groups excluding tert-OH is 1. The Morgan fingerprint density at radius 3 is 2.59 bits per heavy atom. The number of aliphatic hydroxyl groups is 1. The molecule has 0 aliphatic heterocycles. The quantitative estimate of drug-likeness (QED) is 0.369. The Morgan fingerprint density at radius 1 is 1.50 bits per heavy atom. The van der Waals surface area contributed by atoms with E-state index in [1.54, 1.807) is 0 Å². The molecule has 7 heteroatoms. The Balaban J connectivity index is 0.00000441. The monoisotopic (exact) mass is 486 g/mol. The summed E-state index contributed by atoms with van der Waals surface area (Å²) in [6.07, 6.45) is 2.04. The number of aliphatic imine (C=N–C) groups is 1. The fraction of sp³-hybridized carbons (Fsp3) is 0.667. The van der Waals surface area contributed by atoms with Crippen molar-refractivity contribution >= 4 is 45.9 Å². The first-order valence-electron chi connectivity index (χ1n) is 7.20. The molecular weight excluding hydrogens is 459 g/mol. The summed E-state index contributed by atoms with van der Waals surface area (Å²) in [7, 11) is 4.06. The van der Waals surface area contributed by atoms with Gasteiger partial charge in [-0.2, -0.15) is 0 Å². The van der Waals surface area contributed by atoms with Crippen LogP contribution in [-0.2, 0) is 13.6 Å². The highest BCUT2D eigenvalue weighted by molar-refractivity contribution is 14.0. The molecule has 0 saturated heterocycles. The molecular formula is C15H28BrIN4O. The number of aromatic nitrogens is 1. The molecule has 5 nitrogen and oxygen atoms in total. The Kier molecular flexibility index (Phi) is 9.64. The van der Waals surface area contributed by atoms with Crippen molar-refractivity contribution in [1.82, 2.24) is 14.8 Å². The van der Waals surface area contributed by atoms with Crippen LogP contribution < -0.4 is 5.32 Å². The van der Waals surface area contributed by atoms with Crippen LogP contribution in [0.4, 0.5) is 0 Å². The normalized spacial score (nSPS) is 12.0. The van der Waals surface area contributed by atoms with Crippen molar-refractivity contribution in [2.45, 2.75) is 27.3 Å². The number of nitrogens with zero attached hydrogens (tertiary/aromatic N) is 3. The third kappa shape index (κ3) is 6.87. The van der Waals surface area contributed by atoms with Gasteiger partial charge in [0.2, 0.25) is 0 Å². The molecule has 2 N–H and O–H groups in total. The van der Waals surface area contributed by atoms with Crippen molar-refractivity contribution in [1.29, 1.82) is 0 Å². The van der Waals surface area contributed by atoms with Crippen LogP contribution in [-0.4, -0.2) is 47.3 Å². The maximum Gasteiger partial charge on any atom is 0.194 e. The highest BCUT2D eigenvalue weighted by Crippen LogP contribution is 2.16. The summed E-state index contributed by atoms with van der Waals surface area (Å²) in [5.74, 6) is 0.858. The zero-order valence-corrected chi connectivity index (χ0v) is 18.0. The van der Waals surface area contributed by atoms with Crippen molar-refractivity contribution in [3.8, 4) is 0 Å². The molecule has 0 atom stereocenters. The van der Waals surface area contributed by atoms with Gasteiger partial charge in [0.25, 0.3) is 0 Å². The molecule has 0 aliphatic carbocycles. The van der Waals surface area contributed by atoms with Crippen LogP contribution in [0.2, 0.25) is 0 Å². The summed E-state index contributed by atoms with van der Waals surface area (Å²) in [5, 5.41) is 12.6. The molecule has 128 valence electrons. The summed E-state index contributed by atoms with van der Waals surface area (Å²) in [6.45, 7) is 8.38. The van der Waals surface area contributed by atoms with Gasteiger partial charge in [0, 0.05) is 49.0 Å². The van der Waals surface area contributed by atoms with Crippen LogP contribution in [0.3, 0.4) is 0 Å². The number of aryl methyl sites for hydroxylation is 1. The summed E-state index contributed by atoms with van der Waals surface area (Å²) in [4.78, 5) is 6.73. The summed E-state index contributed by atoms with van der Waals surface area (Å²) < 4.78 is 3.18. The number of guanidine groups is 1. The fourth-order valence-electron chi connectivity index (χ4n) is 1.85. The lowest BCUT2D eigenvalue weighted by Crippen LogP contribution is -2.39. The SMILES string of the molecule is CCNC(=NCC(C)(C)CO)N(C)Cc1cc(Br)cn1C.I. The van der Waals surface area contributed by atoms with Crippen LogP contribution in [0, 0.1) is 5.41 Å². The predicted octanol–water partition coefficient (Wildman–Crippen LogP) is 2.82. The van der Waals surface area contributed by atoms with E-state index < -0.39 is 0 Å². The van der Waals surface area contributed by atoms with E-state index in [4.69, 9.17) is 0 Å². The lowest BCUT2D eigenvalue weighted by atomic mass is 9.95. The molecule has 1 rings (SSSR count). The minimum atomic E-state index is -0.199. The Morgan fingerprint density at radius 2 is 2.14 bits per heavy atom. The van der Waals surface area contributed by atoms with Crippen molar-refractivity contribution in [3.05, 3.63) is 22.4 Å². The molecule has 0 unspecified atom stereocenters. The van der Waals surface area contributed by atoms with E-state index >= 15 is 0 Å². The van der Waals surface area contributed by atoms with Crippen molar-refractivity contribution in [3.63, 3.8) is 0 Å². The lowest BCUT2D eigenvalue weighted by Gasteiger charge is -2.25. The van der Waals surface area contributed by atoms with E-state index in [9.17, 15) is 5.11 Å². The molecule has 0 aromatic carbocycles. The van der Waals surface area contributed by atoms with E-state index in [-0.39, 0.29) is 36.0 Å². The number of hydrogen-bond donors (Lipinski definition) is 2. The Hall–Kier alpha value is -0.280. The van der Waals surface area contributed by atoms with Crippen LogP contribution in [0.25, 0.3) is 0 Å². The van der Waals surface area contributed by atoms with E-state index in [2.05, 4.69) is 48.7 Å². The van der Waals surface area contributed by atoms with Gasteiger partial charge in [0.05, 0.1) is 13.1 Å². The molecule has 1 heterocycles. The second kappa shape index (κ2) is 9.77. The minimum Gasteiger partial charge on any atom is -0.396 e. The van der Waals surface area contributed by atoms with E-state index in [1.807, 2.05) is 34.1 Å². The van der Waals surface area contributed by atoms with Gasteiger partial charge in [-0.05, 0) is 28.9 Å². The molecule has 0 radical (unpaired) electrons. The van der Waals surface area contributed by atoms with Crippen LogP contribution in [0.15, 0.2) is 21.7 Å². The first-order chi connectivity index (χ1) is 9.79. The molecule has 0 aliphatic rings. The van der Waals surface area contributed by atoms with E-state index in [0.29, 0.717) is 6.54 Å². The topological polar surface area (TPSA) is 52.8 Å². The second-order valence-electron chi connectivity index (χ2n) is 6.11. The van der Waals surface area contributed by atoms with Gasteiger partial charge in [0.15, 0.2) is 5.96 Å². The number of rotatable bonds is 6. The van der Waals surface area contributed by atoms with Gasteiger partial charge in [0.1, 0.15) is 0 Å². The molecule has 1 aromatic rings. The summed E-state index contributed by atoms with van der Waals surface area (Å²) >= 11 is 3.49. The largest absolute Gasteiger partial charge is 0.396 e. The minimum absolute atomic E-state index is 0. The van der Waals surface area contributed by atoms with Gasteiger partial charge in [-0.15, -0.1) is 24.0 Å². The Bertz CT molecular complexity index is 488. The van der Waals surface area contributed by atoms with Crippen molar-refractivity contribution in [2.75, 3.05) is 26.7 Å². The van der Waals surface area contributed by atoms with Crippen molar-refractivity contribution in [2.24, 2.45) is 17.5 Å². The van der Waals surface area contributed by atoms with Gasteiger partial charge in [-0.1, -0.05) is 13.8 Å². The maximum absolute atomic E-state index is 9.34. The van der Waals surface area contributed by atoms with Gasteiger partial charge in [-0.3, -0.25) is 4.99 Å². The predicted molar refractivity (Wildman–Crippen MR) is 107 cm³/mol. The highest BCUT2D eigenvalue weighted by atomic mass is 127. The third-order valence-electron chi connectivity index (χ3n) is 3.26. The highest BCUT2D eigenvalue weighted by Gasteiger charge is 2.17. The number of halogens is 2. The molecule has 0 amide bonds. The standard InChI is InChI=1S/C15H27BrN4O.HI/c1-6-17-14(18-10-15(2,3)11-21)20(5)9-13-7-12(16)8-19(13)4;/h7-8,21H,6,9-11H2,1-5H3,(H,17,18);1H. The number of hydrogen-bond acceptors (Lipinski definition) is 2. The Labute approximate surface area is 159 Å². The first-order valence-corrected chi connectivity index (χ1v) is 7.99. The van der Waals surface area contributed by atoms with E-state index in [0.717, 1.165) is 23.5 Å². The molecule has 0 spiro atoms. The van der Waals surface area contributed by atoms with E-state index in [1.165, 1.54) is 5.69 Å². The molecule has 22 heavy (non-hydrogen) atoms. The fourth-order valence-corrected chi connectivity index (χ4v) is 2.42.